The number of carbonyl (C=O) groups is 1. The number of nitrogens with zero attached hydrogens (tertiary/aromatic N) is 2. The van der Waals surface area contributed by atoms with E-state index in [1.54, 1.807) is 37.5 Å². The zero-order valence-electron chi connectivity index (χ0n) is 26.6. The second-order valence-electron chi connectivity index (χ2n) is 10.6. The Labute approximate surface area is 269 Å². The van der Waals surface area contributed by atoms with Gasteiger partial charge in [-0.05, 0) is 96.7 Å². The van der Waals surface area contributed by atoms with Gasteiger partial charge in [-0.25, -0.2) is 4.98 Å². The van der Waals surface area contributed by atoms with Crippen LogP contribution in [-0.2, 0) is 33.0 Å². The highest BCUT2D eigenvalue weighted by Gasteiger charge is 2.18. The van der Waals surface area contributed by atoms with Crippen LogP contribution in [0.25, 0.3) is 17.2 Å². The third-order valence-corrected chi connectivity index (χ3v) is 8.58. The van der Waals surface area contributed by atoms with Crippen LogP contribution in [0.2, 0.25) is 0 Å². The molecule has 3 aromatic carbocycles. The number of methoxy groups -OCH3 is 1. The molecule has 1 aromatic heterocycles. The third-order valence-electron chi connectivity index (χ3n) is 7.24. The van der Waals surface area contributed by atoms with Crippen molar-refractivity contribution in [3.8, 4) is 22.6 Å². The molecule has 1 atom stereocenters. The van der Waals surface area contributed by atoms with Crippen molar-refractivity contribution in [1.29, 1.82) is 0 Å². The fourth-order valence-electron chi connectivity index (χ4n) is 4.73. The van der Waals surface area contributed by atoms with Crippen molar-refractivity contribution in [3.63, 3.8) is 0 Å². The molecule has 238 valence electrons. The fourth-order valence-corrected chi connectivity index (χ4v) is 5.96. The highest BCUT2D eigenvalue weighted by atomic mass is 32.2. The van der Waals surface area contributed by atoms with Crippen LogP contribution in [0.3, 0.4) is 0 Å². The lowest BCUT2D eigenvalue weighted by Gasteiger charge is -2.13. The lowest BCUT2D eigenvalue weighted by atomic mass is 10.0. The Morgan fingerprint density at radius 2 is 1.73 bits per heavy atom. The molecule has 4 aromatic rings. The highest BCUT2D eigenvalue weighted by molar-refractivity contribution is 7.90. The molecule has 0 fully saturated rings. The fraction of sp³-hybridized carbons (Fsp3) is 0.333. The number of carbonyl (C=O) groups excluding carboxylic acids is 1. The van der Waals surface area contributed by atoms with E-state index >= 15 is 0 Å². The molecule has 4 rings (SSSR count). The van der Waals surface area contributed by atoms with Crippen molar-refractivity contribution in [2.75, 3.05) is 32.2 Å². The van der Waals surface area contributed by atoms with Gasteiger partial charge in [-0.2, -0.15) is 0 Å². The van der Waals surface area contributed by atoms with E-state index in [9.17, 15) is 9.35 Å². The number of hydrogen-bond acceptors (Lipinski definition) is 6. The maximum atomic E-state index is 13.1. The Morgan fingerprint density at radius 3 is 2.44 bits per heavy atom. The zero-order valence-corrected chi connectivity index (χ0v) is 27.4. The van der Waals surface area contributed by atoms with Gasteiger partial charge in [0.05, 0.1) is 31.4 Å². The van der Waals surface area contributed by atoms with Crippen molar-refractivity contribution in [1.82, 2.24) is 9.55 Å². The zero-order chi connectivity index (χ0) is 32.0. The summed E-state index contributed by atoms with van der Waals surface area (Å²) in [5.74, 6) is 1.56. The summed E-state index contributed by atoms with van der Waals surface area (Å²) >= 11 is -1.23. The summed E-state index contributed by atoms with van der Waals surface area (Å²) in [6.45, 7) is 8.88. The summed E-state index contributed by atoms with van der Waals surface area (Å²) in [6.07, 6.45) is 8.18. The minimum atomic E-state index is -1.23. The van der Waals surface area contributed by atoms with Crippen molar-refractivity contribution in [2.45, 2.75) is 57.2 Å². The average Bonchev–Trinajstić information content (AvgIpc) is 3.40. The summed E-state index contributed by atoms with van der Waals surface area (Å²) < 4.78 is 32.0. The number of imidazole rings is 1. The van der Waals surface area contributed by atoms with Gasteiger partial charge >= 0.3 is 0 Å². The molecular formula is C36H43N3O5S. The van der Waals surface area contributed by atoms with E-state index in [-0.39, 0.29) is 5.91 Å². The SMILES string of the molecule is CCCCOCCOc1ccc(-c2ccc(OC)c(/C=C/C(=O)Nc3ccc([S@+]([O-])Cc4c(C)ncn4CCC)cc3)c2)cc1. The molecule has 0 saturated heterocycles. The molecule has 0 unspecified atom stereocenters. The monoisotopic (exact) mass is 629 g/mol. The van der Waals surface area contributed by atoms with Crippen molar-refractivity contribution < 1.29 is 23.6 Å². The number of rotatable bonds is 17. The van der Waals surface area contributed by atoms with Gasteiger partial charge < -0.3 is 28.6 Å². The molecule has 1 heterocycles. The molecule has 9 heteroatoms. The second kappa shape index (κ2) is 17.4. The maximum absolute atomic E-state index is 13.1. The molecule has 0 bridgehead atoms. The topological polar surface area (TPSA) is 97.7 Å². The molecule has 0 aliphatic carbocycles. The summed E-state index contributed by atoms with van der Waals surface area (Å²) in [4.78, 5) is 17.9. The quantitative estimate of drug-likeness (QED) is 0.0741. The number of aryl methyl sites for hydroxylation is 2. The van der Waals surface area contributed by atoms with E-state index in [1.807, 2.05) is 55.7 Å². The molecular weight excluding hydrogens is 586 g/mol. The van der Waals surface area contributed by atoms with Crippen LogP contribution >= 0.6 is 0 Å². The molecule has 8 nitrogen and oxygen atoms in total. The normalized spacial score (nSPS) is 11.9. The lowest BCUT2D eigenvalue weighted by molar-refractivity contribution is -0.111. The van der Waals surface area contributed by atoms with E-state index in [1.165, 1.54) is 6.08 Å². The molecule has 0 aliphatic rings. The van der Waals surface area contributed by atoms with Crippen molar-refractivity contribution >= 4 is 28.8 Å². The standard InChI is InChI=1S/C36H43N3O5S/c1-5-7-21-43-22-23-44-32-14-8-28(9-15-32)29-10-18-35(42-4)30(24-29)11-19-36(40)38-31-12-16-33(17-13-31)45(41)25-34-27(3)37-26-39(34)20-6-2/h8-19,24,26H,5-7,20-23,25H2,1-4H3,(H,38,40)/b19-11+/t45-/m1/s1. The first kappa shape index (κ1) is 33.8. The van der Waals surface area contributed by atoms with E-state index in [0.29, 0.717) is 35.3 Å². The van der Waals surface area contributed by atoms with Crippen LogP contribution in [0.1, 0.15) is 50.1 Å². The summed E-state index contributed by atoms with van der Waals surface area (Å²) in [5, 5.41) is 2.88. The highest BCUT2D eigenvalue weighted by Crippen LogP contribution is 2.29. The Kier molecular flexibility index (Phi) is 13.1. The predicted octanol–water partition coefficient (Wildman–Crippen LogP) is 7.43. The van der Waals surface area contributed by atoms with Crippen LogP contribution in [0, 0.1) is 6.92 Å². The van der Waals surface area contributed by atoms with Gasteiger partial charge in [0.25, 0.3) is 0 Å². The number of hydrogen-bond donors (Lipinski definition) is 1. The Hall–Kier alpha value is -4.05. The number of ether oxygens (including phenoxy) is 3. The Bertz CT molecular complexity index is 1530. The number of benzene rings is 3. The van der Waals surface area contributed by atoms with Gasteiger partial charge in [0.1, 0.15) is 18.1 Å². The first-order valence-electron chi connectivity index (χ1n) is 15.4. The van der Waals surface area contributed by atoms with E-state index in [2.05, 4.69) is 28.7 Å². The molecule has 1 amide bonds. The number of nitrogens with one attached hydrogen (secondary N) is 1. The predicted molar refractivity (Wildman–Crippen MR) is 181 cm³/mol. The van der Waals surface area contributed by atoms with Gasteiger partial charge in [-0.1, -0.05) is 38.5 Å². The van der Waals surface area contributed by atoms with Gasteiger partial charge in [0, 0.05) is 30.5 Å². The van der Waals surface area contributed by atoms with Crippen LogP contribution in [0.4, 0.5) is 5.69 Å². The lowest BCUT2D eigenvalue weighted by Crippen LogP contribution is -2.11. The largest absolute Gasteiger partial charge is 0.611 e. The minimum absolute atomic E-state index is 0.282. The minimum Gasteiger partial charge on any atom is -0.611 e. The van der Waals surface area contributed by atoms with Gasteiger partial charge in [-0.3, -0.25) is 4.79 Å². The maximum Gasteiger partial charge on any atom is 0.248 e. The van der Waals surface area contributed by atoms with Crippen LogP contribution in [0.15, 0.2) is 84.0 Å². The van der Waals surface area contributed by atoms with Gasteiger partial charge in [0.15, 0.2) is 10.6 Å². The van der Waals surface area contributed by atoms with E-state index in [4.69, 9.17) is 14.2 Å². The number of amides is 1. The molecule has 0 saturated carbocycles. The molecule has 1 N–H and O–H groups in total. The first-order chi connectivity index (χ1) is 21.9. The second-order valence-corrected chi connectivity index (χ2v) is 12.1. The molecule has 0 aliphatic heterocycles. The Morgan fingerprint density at radius 1 is 0.978 bits per heavy atom. The Balaban J connectivity index is 1.34. The summed E-state index contributed by atoms with van der Waals surface area (Å²) in [5.41, 5.74) is 5.29. The van der Waals surface area contributed by atoms with Crippen molar-refractivity contribution in [2.24, 2.45) is 0 Å². The number of anilines is 1. The number of aromatic nitrogens is 2. The average molecular weight is 630 g/mol. The van der Waals surface area contributed by atoms with E-state index < -0.39 is 11.2 Å². The van der Waals surface area contributed by atoms with Crippen molar-refractivity contribution in [3.05, 3.63) is 96.1 Å². The van der Waals surface area contributed by atoms with E-state index in [0.717, 1.165) is 66.2 Å². The van der Waals surface area contributed by atoms with Gasteiger partial charge in [0.2, 0.25) is 5.91 Å². The summed E-state index contributed by atoms with van der Waals surface area (Å²) in [7, 11) is 1.61. The molecule has 0 radical (unpaired) electrons. The van der Waals surface area contributed by atoms with Crippen LogP contribution in [0.5, 0.6) is 11.5 Å². The van der Waals surface area contributed by atoms with Gasteiger partial charge in [-0.15, -0.1) is 0 Å². The first-order valence-corrected chi connectivity index (χ1v) is 16.7. The van der Waals surface area contributed by atoms with Crippen LogP contribution < -0.4 is 14.8 Å². The van der Waals surface area contributed by atoms with Crippen LogP contribution in [-0.4, -0.2) is 46.9 Å². The molecule has 45 heavy (non-hydrogen) atoms. The summed E-state index contributed by atoms with van der Waals surface area (Å²) in [6, 6.07) is 20.9. The molecule has 0 spiro atoms. The number of unbranched alkanes of at least 4 members (excludes halogenated alkanes) is 1. The smallest absolute Gasteiger partial charge is 0.248 e. The third kappa shape index (κ3) is 9.97.